The van der Waals surface area contributed by atoms with Crippen molar-refractivity contribution in [2.75, 3.05) is 0 Å². The molecule has 0 fully saturated rings. The number of hydrogen-bond acceptors (Lipinski definition) is 2. The number of imidazole rings is 1. The van der Waals surface area contributed by atoms with Gasteiger partial charge in [0.15, 0.2) is 5.43 Å². The van der Waals surface area contributed by atoms with Crippen LogP contribution in [-0.2, 0) is 0 Å². The van der Waals surface area contributed by atoms with Crippen molar-refractivity contribution in [3.05, 3.63) is 63.9 Å². The third-order valence-electron chi connectivity index (χ3n) is 3.49. The molecule has 0 unspecified atom stereocenters. The third-order valence-corrected chi connectivity index (χ3v) is 3.86. The van der Waals surface area contributed by atoms with Gasteiger partial charge < -0.3 is 9.97 Å². The maximum absolute atomic E-state index is 11.9. The van der Waals surface area contributed by atoms with E-state index in [1.807, 2.05) is 30.3 Å². The van der Waals surface area contributed by atoms with E-state index in [2.05, 4.69) is 15.0 Å². The Morgan fingerprint density at radius 3 is 2.71 bits per heavy atom. The Bertz CT molecular complexity index is 1020. The average Bonchev–Trinajstić information content (AvgIpc) is 2.94. The molecule has 4 aromatic rings. The molecule has 0 aliphatic rings. The van der Waals surface area contributed by atoms with Crippen LogP contribution in [0.25, 0.3) is 33.3 Å². The molecule has 0 bridgehead atoms. The smallest absolute Gasteiger partial charge is 0.189 e. The molecule has 0 aliphatic heterocycles. The number of aromatic amines is 2. The Morgan fingerprint density at radius 2 is 1.90 bits per heavy atom. The van der Waals surface area contributed by atoms with Crippen LogP contribution in [0.15, 0.2) is 53.5 Å². The minimum Gasteiger partial charge on any atom is -0.360 e. The molecule has 4 nitrogen and oxygen atoms in total. The molecule has 0 spiro atoms. The van der Waals surface area contributed by atoms with E-state index in [4.69, 9.17) is 11.6 Å². The molecule has 4 rings (SSSR count). The molecule has 2 aromatic heterocycles. The van der Waals surface area contributed by atoms with Crippen molar-refractivity contribution < 1.29 is 0 Å². The molecule has 0 atom stereocenters. The van der Waals surface area contributed by atoms with Gasteiger partial charge in [0.25, 0.3) is 0 Å². The number of pyridine rings is 1. The summed E-state index contributed by atoms with van der Waals surface area (Å²) >= 11 is 6.39. The highest BCUT2D eigenvalue weighted by Crippen LogP contribution is 2.30. The quantitative estimate of drug-likeness (QED) is 0.562. The topological polar surface area (TPSA) is 61.5 Å². The fraction of sp³-hybridized carbons (Fsp3) is 0. The largest absolute Gasteiger partial charge is 0.360 e. The molecule has 102 valence electrons. The Morgan fingerprint density at radius 1 is 1.10 bits per heavy atom. The molecule has 0 radical (unpaired) electrons. The van der Waals surface area contributed by atoms with Crippen molar-refractivity contribution in [1.29, 1.82) is 0 Å². The van der Waals surface area contributed by atoms with Crippen molar-refractivity contribution in [3.8, 4) is 11.4 Å². The molecule has 2 aromatic carbocycles. The van der Waals surface area contributed by atoms with Crippen LogP contribution in [0.1, 0.15) is 0 Å². The molecule has 5 heteroatoms. The molecule has 2 N–H and O–H groups in total. The molecule has 2 heterocycles. The van der Waals surface area contributed by atoms with Gasteiger partial charge in [-0.25, -0.2) is 4.98 Å². The first-order chi connectivity index (χ1) is 10.2. The zero-order chi connectivity index (χ0) is 14.4. The van der Waals surface area contributed by atoms with Gasteiger partial charge >= 0.3 is 0 Å². The second kappa shape index (κ2) is 4.46. The molecular weight excluding hydrogens is 286 g/mol. The van der Waals surface area contributed by atoms with Crippen molar-refractivity contribution >= 4 is 33.5 Å². The number of nitrogens with one attached hydrogen (secondary N) is 2. The van der Waals surface area contributed by atoms with Gasteiger partial charge in [0.2, 0.25) is 0 Å². The molecule has 0 saturated carbocycles. The van der Waals surface area contributed by atoms with Crippen LogP contribution in [0.3, 0.4) is 0 Å². The predicted molar refractivity (Wildman–Crippen MR) is 84.7 cm³/mol. The number of hydrogen-bond donors (Lipinski definition) is 2. The van der Waals surface area contributed by atoms with Crippen molar-refractivity contribution in [2.24, 2.45) is 0 Å². The summed E-state index contributed by atoms with van der Waals surface area (Å²) < 4.78 is 0. The van der Waals surface area contributed by atoms with Gasteiger partial charge in [-0.05, 0) is 6.07 Å². The summed E-state index contributed by atoms with van der Waals surface area (Å²) in [5.41, 5.74) is 2.93. The van der Waals surface area contributed by atoms with Crippen LogP contribution >= 0.6 is 11.6 Å². The summed E-state index contributed by atoms with van der Waals surface area (Å²) in [6.45, 7) is 0. The first-order valence-corrected chi connectivity index (χ1v) is 6.87. The van der Waals surface area contributed by atoms with E-state index >= 15 is 0 Å². The second-order valence-electron chi connectivity index (χ2n) is 4.80. The summed E-state index contributed by atoms with van der Waals surface area (Å²) in [5, 5.41) is 1.01. The fourth-order valence-electron chi connectivity index (χ4n) is 2.47. The number of aromatic nitrogens is 3. The predicted octanol–water partition coefficient (Wildman–Crippen LogP) is 3.72. The van der Waals surface area contributed by atoms with Crippen LogP contribution in [0.5, 0.6) is 0 Å². The lowest BCUT2D eigenvalue weighted by Gasteiger charge is -2.00. The summed E-state index contributed by atoms with van der Waals surface area (Å²) in [6.07, 6.45) is 1.59. The lowest BCUT2D eigenvalue weighted by Crippen LogP contribution is -2.00. The molecule has 21 heavy (non-hydrogen) atoms. The number of benzene rings is 2. The van der Waals surface area contributed by atoms with Crippen molar-refractivity contribution in [3.63, 3.8) is 0 Å². The Hall–Kier alpha value is -2.59. The molecule has 0 amide bonds. The van der Waals surface area contributed by atoms with Gasteiger partial charge in [0.05, 0.1) is 16.1 Å². The first-order valence-electron chi connectivity index (χ1n) is 6.49. The zero-order valence-electron chi connectivity index (χ0n) is 10.9. The normalized spacial score (nSPS) is 11.3. The van der Waals surface area contributed by atoms with Crippen LogP contribution in [0.2, 0.25) is 5.02 Å². The monoisotopic (exact) mass is 295 g/mol. The molecule has 0 saturated heterocycles. The number of H-pyrrole nitrogens is 2. The summed E-state index contributed by atoms with van der Waals surface area (Å²) in [5.74, 6) is 0.732. The minimum atomic E-state index is -0.0663. The lowest BCUT2D eigenvalue weighted by molar-refractivity contribution is 1.34. The number of rotatable bonds is 1. The fourth-order valence-corrected chi connectivity index (χ4v) is 2.77. The maximum Gasteiger partial charge on any atom is 0.189 e. The zero-order valence-corrected chi connectivity index (χ0v) is 11.6. The van der Waals surface area contributed by atoms with Crippen molar-refractivity contribution in [2.45, 2.75) is 0 Å². The Balaban J connectivity index is 2.08. The average molecular weight is 296 g/mol. The van der Waals surface area contributed by atoms with Gasteiger partial charge in [-0.1, -0.05) is 41.9 Å². The summed E-state index contributed by atoms with van der Waals surface area (Å²) in [4.78, 5) is 22.7. The first kappa shape index (κ1) is 12.2. The highest BCUT2D eigenvalue weighted by Gasteiger charge is 2.13. The van der Waals surface area contributed by atoms with Crippen LogP contribution in [0, 0.1) is 0 Å². The van der Waals surface area contributed by atoms with E-state index in [1.54, 1.807) is 12.3 Å². The van der Waals surface area contributed by atoms with Crippen molar-refractivity contribution in [1.82, 2.24) is 15.0 Å². The van der Waals surface area contributed by atoms with E-state index in [1.165, 1.54) is 6.07 Å². The summed E-state index contributed by atoms with van der Waals surface area (Å²) in [6, 6.07) is 13.1. The van der Waals surface area contributed by atoms with Gasteiger partial charge in [0, 0.05) is 23.2 Å². The van der Waals surface area contributed by atoms with Crippen LogP contribution in [-0.4, -0.2) is 15.0 Å². The van der Waals surface area contributed by atoms with Crippen LogP contribution in [0.4, 0.5) is 0 Å². The van der Waals surface area contributed by atoms with E-state index in [-0.39, 0.29) is 5.43 Å². The minimum absolute atomic E-state index is 0.0663. The summed E-state index contributed by atoms with van der Waals surface area (Å²) in [7, 11) is 0. The SMILES string of the molecule is O=c1cc[nH]c2c(Cl)c3nc(-c4ccccc4)[nH]c3cc12. The highest BCUT2D eigenvalue weighted by atomic mass is 35.5. The lowest BCUT2D eigenvalue weighted by atomic mass is 10.2. The molecular formula is C16H10ClN3O. The van der Waals surface area contributed by atoms with E-state index in [0.717, 1.165) is 16.9 Å². The highest BCUT2D eigenvalue weighted by molar-refractivity contribution is 6.39. The van der Waals surface area contributed by atoms with E-state index in [0.29, 0.717) is 21.4 Å². The maximum atomic E-state index is 11.9. The third kappa shape index (κ3) is 1.84. The number of halogens is 1. The Kier molecular flexibility index (Phi) is 2.59. The number of fused-ring (bicyclic) bond motifs is 2. The number of nitrogens with zero attached hydrogens (tertiary/aromatic N) is 1. The standard InChI is InChI=1S/C16H10ClN3O/c17-13-14-10(12(21)6-7-18-14)8-11-15(13)20-16(19-11)9-4-2-1-3-5-9/h1-8H,(H,18,21)(H,19,20). The van der Waals surface area contributed by atoms with Gasteiger partial charge in [-0.2, -0.15) is 0 Å². The molecule has 0 aliphatic carbocycles. The van der Waals surface area contributed by atoms with E-state index in [9.17, 15) is 4.79 Å². The van der Waals surface area contributed by atoms with Gasteiger partial charge in [-0.15, -0.1) is 0 Å². The van der Waals surface area contributed by atoms with Gasteiger partial charge in [-0.3, -0.25) is 4.79 Å². The Labute approximate surface area is 124 Å². The second-order valence-corrected chi connectivity index (χ2v) is 5.18. The van der Waals surface area contributed by atoms with Gasteiger partial charge in [0.1, 0.15) is 11.3 Å². The van der Waals surface area contributed by atoms with E-state index < -0.39 is 0 Å². The van der Waals surface area contributed by atoms with Crippen LogP contribution < -0.4 is 5.43 Å².